The van der Waals surface area contributed by atoms with Crippen molar-refractivity contribution in [1.29, 1.82) is 0 Å². The zero-order chi connectivity index (χ0) is 21.7. The maximum Gasteiger partial charge on any atom is 0.404 e. The van der Waals surface area contributed by atoms with Crippen molar-refractivity contribution < 1.29 is 39.2 Å². The molecule has 1 aromatic carbocycles. The molecule has 1 saturated heterocycles. The predicted molar refractivity (Wildman–Crippen MR) is 91.9 cm³/mol. The molecule has 0 amide bonds. The number of halogens is 8. The SMILES string of the molecule is CC(NS(=O)(=O)c1ccc(Br)c(C(F)F)c1F)C(F)(F)F.FC1CCNCC1. The summed E-state index contributed by atoms with van der Waals surface area (Å²) in [5.74, 6) is -1.80. The Morgan fingerprint density at radius 2 is 1.75 bits per heavy atom. The lowest BCUT2D eigenvalue weighted by Gasteiger charge is -2.18. The zero-order valence-electron chi connectivity index (χ0n) is 14.5. The van der Waals surface area contributed by atoms with Crippen LogP contribution in [0.15, 0.2) is 21.5 Å². The van der Waals surface area contributed by atoms with Gasteiger partial charge < -0.3 is 5.32 Å². The molecule has 1 aliphatic rings. The Morgan fingerprint density at radius 1 is 1.21 bits per heavy atom. The molecule has 1 fully saturated rings. The minimum absolute atomic E-state index is 0.391. The lowest BCUT2D eigenvalue weighted by atomic mass is 10.1. The van der Waals surface area contributed by atoms with Crippen LogP contribution in [-0.2, 0) is 10.0 Å². The first-order chi connectivity index (χ1) is 12.8. The van der Waals surface area contributed by atoms with Crippen LogP contribution in [0.25, 0.3) is 0 Å². The summed E-state index contributed by atoms with van der Waals surface area (Å²) in [6.07, 6.45) is -7.35. The van der Waals surface area contributed by atoms with E-state index in [0.29, 0.717) is 25.8 Å². The molecule has 1 aliphatic heterocycles. The molecule has 0 saturated carbocycles. The van der Waals surface area contributed by atoms with E-state index in [2.05, 4.69) is 21.2 Å². The van der Waals surface area contributed by atoms with Crippen LogP contribution in [-0.4, -0.2) is 39.9 Å². The number of benzene rings is 1. The topological polar surface area (TPSA) is 58.2 Å². The summed E-state index contributed by atoms with van der Waals surface area (Å²) in [7, 11) is -4.95. The van der Waals surface area contributed by atoms with Crippen LogP contribution in [0.5, 0.6) is 0 Å². The van der Waals surface area contributed by atoms with E-state index in [9.17, 15) is 39.2 Å². The molecule has 1 atom stereocenters. The van der Waals surface area contributed by atoms with Crippen molar-refractivity contribution in [2.75, 3.05) is 13.1 Å². The van der Waals surface area contributed by atoms with Crippen LogP contribution < -0.4 is 10.0 Å². The molecule has 0 spiro atoms. The maximum atomic E-state index is 13.8. The van der Waals surface area contributed by atoms with Crippen molar-refractivity contribution in [2.24, 2.45) is 0 Å². The Labute approximate surface area is 166 Å². The molecule has 0 radical (unpaired) electrons. The van der Waals surface area contributed by atoms with Crippen LogP contribution >= 0.6 is 15.9 Å². The molecule has 4 nitrogen and oxygen atoms in total. The average molecular weight is 503 g/mol. The first-order valence-electron chi connectivity index (χ1n) is 7.97. The number of hydrogen-bond acceptors (Lipinski definition) is 3. The van der Waals surface area contributed by atoms with Gasteiger partial charge in [0.05, 0.1) is 5.56 Å². The zero-order valence-corrected chi connectivity index (χ0v) is 16.9. The third-order valence-electron chi connectivity index (χ3n) is 3.69. The Kier molecular flexibility index (Phi) is 9.16. The second kappa shape index (κ2) is 10.2. The van der Waals surface area contributed by atoms with E-state index in [1.807, 2.05) is 0 Å². The number of piperidine rings is 1. The fourth-order valence-electron chi connectivity index (χ4n) is 2.11. The largest absolute Gasteiger partial charge is 0.404 e. The monoisotopic (exact) mass is 502 g/mol. The fraction of sp³-hybridized carbons (Fsp3) is 0.600. The summed E-state index contributed by atoms with van der Waals surface area (Å²) in [5.41, 5.74) is -1.24. The Morgan fingerprint density at radius 3 is 2.14 bits per heavy atom. The van der Waals surface area contributed by atoms with Gasteiger partial charge in [-0.2, -0.15) is 17.9 Å². The van der Waals surface area contributed by atoms with Gasteiger partial charge in [-0.05, 0) is 45.0 Å². The summed E-state index contributed by atoms with van der Waals surface area (Å²) in [4.78, 5) is -1.28. The van der Waals surface area contributed by atoms with Crippen LogP contribution in [0.2, 0.25) is 0 Å². The molecule has 0 aromatic heterocycles. The van der Waals surface area contributed by atoms with E-state index in [1.165, 1.54) is 4.72 Å². The third kappa shape index (κ3) is 7.16. The molecule has 28 heavy (non-hydrogen) atoms. The molecule has 2 rings (SSSR count). The van der Waals surface area contributed by atoms with Gasteiger partial charge in [-0.15, -0.1) is 0 Å². The minimum atomic E-state index is -4.95. The van der Waals surface area contributed by atoms with E-state index in [1.54, 1.807) is 0 Å². The Hall–Kier alpha value is -0.920. The first-order valence-corrected chi connectivity index (χ1v) is 10.2. The fourth-order valence-corrected chi connectivity index (χ4v) is 3.91. The highest BCUT2D eigenvalue weighted by Crippen LogP contribution is 2.33. The maximum absolute atomic E-state index is 13.8. The lowest BCUT2D eigenvalue weighted by Crippen LogP contribution is -2.43. The van der Waals surface area contributed by atoms with Gasteiger partial charge in [-0.1, -0.05) is 15.9 Å². The van der Waals surface area contributed by atoms with Gasteiger partial charge in [0.15, 0.2) is 5.82 Å². The molecule has 0 aliphatic carbocycles. The summed E-state index contributed by atoms with van der Waals surface area (Å²) in [6, 6.07) is -1.09. The van der Waals surface area contributed by atoms with Gasteiger partial charge in [0.1, 0.15) is 17.1 Å². The van der Waals surface area contributed by atoms with Crippen LogP contribution in [0, 0.1) is 5.82 Å². The smallest absolute Gasteiger partial charge is 0.317 e. The van der Waals surface area contributed by atoms with Crippen LogP contribution in [0.4, 0.5) is 30.7 Å². The summed E-state index contributed by atoms with van der Waals surface area (Å²) in [5, 5.41) is 3.08. The number of hydrogen-bond donors (Lipinski definition) is 2. The average Bonchev–Trinajstić information content (AvgIpc) is 2.54. The van der Waals surface area contributed by atoms with E-state index in [4.69, 9.17) is 0 Å². The van der Waals surface area contributed by atoms with E-state index >= 15 is 0 Å². The van der Waals surface area contributed by atoms with E-state index in [0.717, 1.165) is 19.2 Å². The van der Waals surface area contributed by atoms with Gasteiger partial charge in [0, 0.05) is 4.47 Å². The van der Waals surface area contributed by atoms with Crippen molar-refractivity contribution in [2.45, 2.75) is 49.5 Å². The highest BCUT2D eigenvalue weighted by atomic mass is 79.9. The van der Waals surface area contributed by atoms with E-state index in [-0.39, 0.29) is 0 Å². The van der Waals surface area contributed by atoms with Gasteiger partial charge in [-0.25, -0.2) is 26.0 Å². The molecule has 162 valence electrons. The molecule has 13 heteroatoms. The molecule has 0 bridgehead atoms. The molecule has 1 aromatic rings. The second-order valence-corrected chi connectivity index (χ2v) is 8.42. The minimum Gasteiger partial charge on any atom is -0.317 e. The van der Waals surface area contributed by atoms with Crippen molar-refractivity contribution in [3.05, 3.63) is 28.0 Å². The quantitative estimate of drug-likeness (QED) is 0.597. The Bertz CT molecular complexity index is 753. The number of sulfonamides is 1. The van der Waals surface area contributed by atoms with Gasteiger partial charge in [0.25, 0.3) is 6.43 Å². The van der Waals surface area contributed by atoms with Crippen molar-refractivity contribution in [3.8, 4) is 0 Å². The summed E-state index contributed by atoms with van der Waals surface area (Å²) < 4.78 is 112. The Balaban J connectivity index is 0.000000467. The van der Waals surface area contributed by atoms with Crippen LogP contribution in [0.1, 0.15) is 31.8 Å². The van der Waals surface area contributed by atoms with Gasteiger partial charge >= 0.3 is 6.18 Å². The molecule has 1 unspecified atom stereocenters. The normalized spacial score (nSPS) is 17.2. The predicted octanol–water partition coefficient (Wildman–Crippen LogP) is 4.46. The third-order valence-corrected chi connectivity index (χ3v) is 5.94. The van der Waals surface area contributed by atoms with Gasteiger partial charge in [-0.3, -0.25) is 0 Å². The van der Waals surface area contributed by atoms with Crippen molar-refractivity contribution in [1.82, 2.24) is 10.0 Å². The van der Waals surface area contributed by atoms with E-state index < -0.39 is 55.6 Å². The summed E-state index contributed by atoms with van der Waals surface area (Å²) in [6.45, 7) is 2.23. The number of rotatable bonds is 4. The summed E-state index contributed by atoms with van der Waals surface area (Å²) >= 11 is 2.62. The highest BCUT2D eigenvalue weighted by Gasteiger charge is 2.39. The van der Waals surface area contributed by atoms with Gasteiger partial charge in [0.2, 0.25) is 10.0 Å². The molecule has 1 heterocycles. The number of nitrogens with one attached hydrogen (secondary N) is 2. The molecular formula is C15H18BrF7N2O2S. The van der Waals surface area contributed by atoms with Crippen LogP contribution in [0.3, 0.4) is 0 Å². The lowest BCUT2D eigenvalue weighted by molar-refractivity contribution is -0.147. The molecular weight excluding hydrogens is 485 g/mol. The first kappa shape index (κ1) is 25.1. The highest BCUT2D eigenvalue weighted by molar-refractivity contribution is 9.10. The van der Waals surface area contributed by atoms with Crippen molar-refractivity contribution in [3.63, 3.8) is 0 Å². The molecule has 2 N–H and O–H groups in total. The number of alkyl halides is 6. The second-order valence-electron chi connectivity index (χ2n) is 5.88. The van der Waals surface area contributed by atoms with Crippen molar-refractivity contribution >= 4 is 26.0 Å². The standard InChI is InChI=1S/C10H8BrF6NO2S.C5H10FN/c1-4(10(15,16)17)18-21(19,20)6-3-2-5(11)7(8(6)12)9(13)14;6-5-1-3-7-4-2-5/h2-4,9,18H,1H3;5,7H,1-4H2.